The highest BCUT2D eigenvalue weighted by molar-refractivity contribution is 7.23. The van der Waals surface area contributed by atoms with Crippen molar-refractivity contribution in [3.63, 3.8) is 0 Å². The second-order valence-electron chi connectivity index (χ2n) is 8.32. The molecule has 2 N–H and O–H groups in total. The lowest BCUT2D eigenvalue weighted by atomic mass is 9.93. The highest BCUT2D eigenvalue weighted by Crippen LogP contribution is 2.46. The van der Waals surface area contributed by atoms with Gasteiger partial charge in [0.25, 0.3) is 5.91 Å². The Morgan fingerprint density at radius 1 is 1.38 bits per heavy atom. The fraction of sp³-hybridized carbons (Fsp3) is 0.240. The number of nitriles is 1. The minimum Gasteiger partial charge on any atom is -0.490 e. The molecule has 3 heterocycles. The Morgan fingerprint density at radius 3 is 2.91 bits per heavy atom. The number of nitrogens with two attached hydrogens (primary N) is 1. The average molecular weight is 493 g/mol. The van der Waals surface area contributed by atoms with Crippen molar-refractivity contribution < 1.29 is 14.3 Å². The van der Waals surface area contributed by atoms with Gasteiger partial charge in [-0.25, -0.2) is 0 Å². The maximum Gasteiger partial charge on any atom is 0.258 e. The van der Waals surface area contributed by atoms with E-state index < -0.39 is 0 Å². The van der Waals surface area contributed by atoms with Crippen LogP contribution in [0.15, 0.2) is 36.9 Å². The summed E-state index contributed by atoms with van der Waals surface area (Å²) in [6, 6.07) is 9.29. The number of ether oxygens (including phenoxy) is 1. The molecule has 2 amide bonds. The van der Waals surface area contributed by atoms with E-state index in [-0.39, 0.29) is 24.5 Å². The molecule has 3 aromatic rings. The van der Waals surface area contributed by atoms with Crippen LogP contribution in [0.3, 0.4) is 0 Å². The molecule has 1 fully saturated rings. The third-order valence-corrected chi connectivity index (χ3v) is 7.76. The number of benzene rings is 2. The lowest BCUT2D eigenvalue weighted by Crippen LogP contribution is -2.57. The first-order chi connectivity index (χ1) is 16.3. The minimum atomic E-state index is -0.274. The van der Waals surface area contributed by atoms with Crippen molar-refractivity contribution in [2.24, 2.45) is 0 Å². The molecule has 0 radical (unpaired) electrons. The Kier molecular flexibility index (Phi) is 5.47. The third kappa shape index (κ3) is 3.31. The predicted octanol–water partition coefficient (Wildman–Crippen LogP) is 4.22. The topological polar surface area (TPSA) is 99.7 Å². The van der Waals surface area contributed by atoms with E-state index in [0.717, 1.165) is 21.2 Å². The van der Waals surface area contributed by atoms with E-state index in [1.54, 1.807) is 15.9 Å². The molecule has 0 unspecified atom stereocenters. The van der Waals surface area contributed by atoms with Gasteiger partial charge in [-0.1, -0.05) is 30.3 Å². The van der Waals surface area contributed by atoms with Gasteiger partial charge in [0.1, 0.15) is 23.4 Å². The number of hydrogen-bond donors (Lipinski definition) is 1. The van der Waals surface area contributed by atoms with E-state index >= 15 is 0 Å². The monoisotopic (exact) mass is 492 g/mol. The molecule has 2 aliphatic heterocycles. The molecule has 5 rings (SSSR count). The van der Waals surface area contributed by atoms with Crippen LogP contribution in [0.4, 0.5) is 5.00 Å². The molecule has 1 saturated heterocycles. The van der Waals surface area contributed by atoms with Crippen molar-refractivity contribution in [3.05, 3.63) is 58.6 Å². The largest absolute Gasteiger partial charge is 0.490 e. The van der Waals surface area contributed by atoms with Crippen LogP contribution >= 0.6 is 22.9 Å². The Hall–Kier alpha value is -3.54. The SMILES string of the molecule is C=CC(=O)N1CCN2C(=O)c3cc(Cl)c(-c4cccc5sc(N)c(C#N)c45)c(C)c3OC[C@H]2C1. The number of nitrogen functional groups attached to an aromatic ring is 1. The van der Waals surface area contributed by atoms with Gasteiger partial charge in [0.15, 0.2) is 0 Å². The number of fused-ring (bicyclic) bond motifs is 3. The lowest BCUT2D eigenvalue weighted by molar-refractivity contribution is -0.128. The Balaban J connectivity index is 1.63. The maximum atomic E-state index is 13.5. The second kappa shape index (κ2) is 8.35. The van der Waals surface area contributed by atoms with Gasteiger partial charge in [0, 0.05) is 45.9 Å². The highest BCUT2D eigenvalue weighted by Gasteiger charge is 2.37. The van der Waals surface area contributed by atoms with E-state index in [1.807, 2.05) is 25.1 Å². The Morgan fingerprint density at radius 2 is 2.18 bits per heavy atom. The van der Waals surface area contributed by atoms with Gasteiger partial charge in [-0.2, -0.15) is 5.26 Å². The van der Waals surface area contributed by atoms with E-state index in [0.29, 0.717) is 52.1 Å². The van der Waals surface area contributed by atoms with E-state index in [1.165, 1.54) is 17.4 Å². The molecule has 9 heteroatoms. The van der Waals surface area contributed by atoms with Crippen LogP contribution in [0.5, 0.6) is 5.75 Å². The number of anilines is 1. The molecule has 1 atom stereocenters. The standard InChI is InChI=1S/C25H21ClN4O3S/c1-3-20(31)29-7-8-30-14(11-29)12-33-23-13(2)21(18(26)9-16(23)25(30)32)15-5-4-6-19-22(15)17(10-27)24(28)34-19/h3-6,9,14H,1,7-8,11-12,28H2,2H3/t14-/m1/s1. The molecule has 7 nitrogen and oxygen atoms in total. The molecule has 0 bridgehead atoms. The van der Waals surface area contributed by atoms with Crippen LogP contribution < -0.4 is 10.5 Å². The van der Waals surface area contributed by atoms with Crippen molar-refractivity contribution in [3.8, 4) is 22.9 Å². The first kappa shape index (κ1) is 22.3. The highest BCUT2D eigenvalue weighted by atomic mass is 35.5. The average Bonchev–Trinajstić information content (AvgIpc) is 3.10. The molecular weight excluding hydrogens is 472 g/mol. The van der Waals surface area contributed by atoms with Gasteiger partial charge in [0.2, 0.25) is 5.91 Å². The smallest absolute Gasteiger partial charge is 0.258 e. The summed E-state index contributed by atoms with van der Waals surface area (Å²) in [5.41, 5.74) is 9.11. The molecule has 1 aromatic heterocycles. The third-order valence-electron chi connectivity index (χ3n) is 6.47. The van der Waals surface area contributed by atoms with E-state index in [2.05, 4.69) is 12.6 Å². The number of rotatable bonds is 2. The number of thiophene rings is 1. The summed E-state index contributed by atoms with van der Waals surface area (Å²) < 4.78 is 7.09. The molecular formula is C25H21ClN4O3S. The Labute approximate surface area is 205 Å². The molecule has 34 heavy (non-hydrogen) atoms. The van der Waals surface area contributed by atoms with Gasteiger partial charge < -0.3 is 20.3 Å². The zero-order valence-electron chi connectivity index (χ0n) is 18.4. The summed E-state index contributed by atoms with van der Waals surface area (Å²) >= 11 is 8.14. The van der Waals surface area contributed by atoms with Gasteiger partial charge in [0.05, 0.1) is 17.2 Å². The lowest BCUT2D eigenvalue weighted by Gasteiger charge is -2.39. The summed E-state index contributed by atoms with van der Waals surface area (Å²) in [5.74, 6) is 0.140. The quantitative estimate of drug-likeness (QED) is 0.540. The molecule has 0 saturated carbocycles. The zero-order valence-corrected chi connectivity index (χ0v) is 20.0. The first-order valence-electron chi connectivity index (χ1n) is 10.7. The van der Waals surface area contributed by atoms with Crippen molar-refractivity contribution in [1.82, 2.24) is 9.80 Å². The van der Waals surface area contributed by atoms with Crippen LogP contribution in [0, 0.1) is 18.3 Å². The summed E-state index contributed by atoms with van der Waals surface area (Å²) in [5, 5.41) is 11.3. The van der Waals surface area contributed by atoms with Crippen molar-refractivity contribution >= 4 is 49.8 Å². The van der Waals surface area contributed by atoms with Crippen LogP contribution in [-0.2, 0) is 4.79 Å². The second-order valence-corrected chi connectivity index (χ2v) is 9.81. The summed E-state index contributed by atoms with van der Waals surface area (Å²) in [7, 11) is 0. The molecule has 0 aliphatic carbocycles. The maximum absolute atomic E-state index is 13.5. The number of halogens is 1. The fourth-order valence-corrected chi connectivity index (χ4v) is 6.15. The number of amides is 2. The van der Waals surface area contributed by atoms with Crippen molar-refractivity contribution in [2.45, 2.75) is 13.0 Å². The Bertz CT molecular complexity index is 1420. The fourth-order valence-electron chi connectivity index (χ4n) is 4.85. The number of piperazine rings is 1. The molecule has 172 valence electrons. The predicted molar refractivity (Wildman–Crippen MR) is 133 cm³/mol. The first-order valence-corrected chi connectivity index (χ1v) is 11.9. The van der Waals surface area contributed by atoms with Gasteiger partial charge >= 0.3 is 0 Å². The van der Waals surface area contributed by atoms with Gasteiger partial charge in [-0.3, -0.25) is 9.59 Å². The van der Waals surface area contributed by atoms with E-state index in [9.17, 15) is 14.9 Å². The van der Waals surface area contributed by atoms with Crippen molar-refractivity contribution in [2.75, 3.05) is 32.0 Å². The summed E-state index contributed by atoms with van der Waals surface area (Å²) in [6.07, 6.45) is 1.28. The van der Waals surface area contributed by atoms with Gasteiger partial charge in [-0.05, 0) is 30.7 Å². The minimum absolute atomic E-state index is 0.160. The number of hydrogen-bond acceptors (Lipinski definition) is 6. The summed E-state index contributed by atoms with van der Waals surface area (Å²) in [4.78, 5) is 29.0. The van der Waals surface area contributed by atoms with Gasteiger partial charge in [-0.15, -0.1) is 11.3 Å². The molecule has 2 aliphatic rings. The van der Waals surface area contributed by atoms with Crippen LogP contribution in [0.2, 0.25) is 5.02 Å². The number of carbonyl (C=O) groups is 2. The summed E-state index contributed by atoms with van der Waals surface area (Å²) in [6.45, 7) is 6.89. The molecule has 0 spiro atoms. The normalized spacial score (nSPS) is 17.4. The zero-order chi connectivity index (χ0) is 24.1. The van der Waals surface area contributed by atoms with Crippen LogP contribution in [0.1, 0.15) is 21.5 Å². The van der Waals surface area contributed by atoms with Crippen LogP contribution in [0.25, 0.3) is 21.2 Å². The number of carbonyl (C=O) groups excluding carboxylic acids is 2. The van der Waals surface area contributed by atoms with Crippen molar-refractivity contribution in [1.29, 1.82) is 5.26 Å². The number of nitrogens with zero attached hydrogens (tertiary/aromatic N) is 3. The van der Waals surface area contributed by atoms with E-state index in [4.69, 9.17) is 22.1 Å². The molecule has 2 aromatic carbocycles. The van der Waals surface area contributed by atoms with Crippen LogP contribution in [-0.4, -0.2) is 53.9 Å².